The molecule has 2 aromatic rings. The third kappa shape index (κ3) is 3.45. The van der Waals surface area contributed by atoms with E-state index in [0.29, 0.717) is 10.8 Å². The van der Waals surface area contributed by atoms with Crippen LogP contribution in [0.5, 0.6) is 0 Å². The Morgan fingerprint density at radius 1 is 0.590 bits per heavy atom. The van der Waals surface area contributed by atoms with Crippen molar-refractivity contribution in [1.82, 2.24) is 0 Å². The van der Waals surface area contributed by atoms with Gasteiger partial charge in [-0.05, 0) is 83.1 Å². The first-order chi connectivity index (χ1) is 18.5. The number of hydrogen-bond donors (Lipinski definition) is 0. The molecule has 0 N–H and O–H groups in total. The lowest BCUT2D eigenvalue weighted by Crippen LogP contribution is -2.58. The molecule has 8 atom stereocenters. The second kappa shape index (κ2) is 8.66. The van der Waals surface area contributed by atoms with Crippen LogP contribution >= 0.6 is 0 Å². The summed E-state index contributed by atoms with van der Waals surface area (Å²) >= 11 is 0. The van der Waals surface area contributed by atoms with Gasteiger partial charge in [-0.25, -0.2) is 0 Å². The number of rotatable bonds is 6. The minimum absolute atomic E-state index is 0.195. The Labute approximate surface area is 237 Å². The molecule has 2 nitrogen and oxygen atoms in total. The van der Waals surface area contributed by atoms with Crippen molar-refractivity contribution in [1.29, 1.82) is 0 Å². The van der Waals surface area contributed by atoms with Gasteiger partial charge in [0.05, 0.1) is 12.2 Å². The van der Waals surface area contributed by atoms with Crippen molar-refractivity contribution in [3.05, 3.63) is 83.9 Å². The van der Waals surface area contributed by atoms with Crippen LogP contribution in [0, 0.1) is 33.5 Å². The molecule has 3 heteroatoms. The Morgan fingerprint density at radius 2 is 0.974 bits per heavy atom. The summed E-state index contributed by atoms with van der Waals surface area (Å²) in [6, 6.07) is 22.3. The topological polar surface area (TPSA) is 18.5 Å². The zero-order valence-electron chi connectivity index (χ0n) is 25.0. The Morgan fingerprint density at radius 3 is 1.28 bits per heavy atom. The maximum atomic E-state index is 7.90. The molecule has 0 aromatic heterocycles. The Bertz CT molecular complexity index is 1150. The van der Waals surface area contributed by atoms with E-state index in [1.165, 1.54) is 49.7 Å². The zero-order chi connectivity index (χ0) is 27.3. The van der Waals surface area contributed by atoms with Crippen LogP contribution in [-0.4, -0.2) is 20.8 Å². The van der Waals surface area contributed by atoms with Gasteiger partial charge in [0.15, 0.2) is 0 Å². The molecule has 39 heavy (non-hydrogen) atoms. The van der Waals surface area contributed by atoms with Gasteiger partial charge >= 0.3 is 8.56 Å². The molecular formula is C36H48O2Si. The molecule has 4 bridgehead atoms. The molecule has 0 saturated heterocycles. The van der Waals surface area contributed by atoms with E-state index in [4.69, 9.17) is 8.85 Å². The van der Waals surface area contributed by atoms with Crippen LogP contribution in [-0.2, 0) is 8.85 Å². The molecule has 5 aliphatic rings. The van der Waals surface area contributed by atoms with Gasteiger partial charge in [0, 0.05) is 11.1 Å². The van der Waals surface area contributed by atoms with Crippen LogP contribution in [0.2, 0.25) is 0 Å². The average Bonchev–Trinajstić information content (AvgIpc) is 3.58. The quantitative estimate of drug-likeness (QED) is 0.269. The summed E-state index contributed by atoms with van der Waals surface area (Å²) in [5.41, 5.74) is 4.13. The fourth-order valence-electron chi connectivity index (χ4n) is 10.1. The van der Waals surface area contributed by atoms with Crippen molar-refractivity contribution in [3.8, 4) is 0 Å². The van der Waals surface area contributed by atoms with Crippen LogP contribution in [0.4, 0.5) is 0 Å². The second-order valence-electron chi connectivity index (χ2n) is 15.3. The Hall–Kier alpha value is -1.68. The fourth-order valence-corrected chi connectivity index (χ4v) is 14.8. The van der Waals surface area contributed by atoms with Gasteiger partial charge in [0.2, 0.25) is 0 Å². The first kappa shape index (κ1) is 26.2. The molecule has 0 amide bonds. The van der Waals surface area contributed by atoms with E-state index in [9.17, 15) is 0 Å². The Kier molecular flexibility index (Phi) is 5.83. The van der Waals surface area contributed by atoms with Gasteiger partial charge in [0.1, 0.15) is 0 Å². The molecule has 0 radical (unpaired) electrons. The smallest absolute Gasteiger partial charge is 0.361 e. The van der Waals surface area contributed by atoms with Crippen molar-refractivity contribution >= 4 is 8.56 Å². The summed E-state index contributed by atoms with van der Waals surface area (Å²) in [5, 5.41) is 0. The molecule has 4 fully saturated rings. The maximum Gasteiger partial charge on any atom is 0.361 e. The molecule has 208 valence electrons. The summed E-state index contributed by atoms with van der Waals surface area (Å²) in [4.78, 5) is 0. The van der Waals surface area contributed by atoms with E-state index in [0.717, 1.165) is 11.8 Å². The lowest BCUT2D eigenvalue weighted by molar-refractivity contribution is -0.0402. The van der Waals surface area contributed by atoms with Crippen molar-refractivity contribution < 1.29 is 8.85 Å². The molecule has 4 saturated carbocycles. The van der Waals surface area contributed by atoms with Gasteiger partial charge in [-0.2, -0.15) is 0 Å². The molecule has 7 rings (SSSR count). The van der Waals surface area contributed by atoms with Gasteiger partial charge in [-0.3, -0.25) is 0 Å². The van der Waals surface area contributed by atoms with Crippen molar-refractivity contribution in [3.63, 3.8) is 0 Å². The standard InChI is InChI=1S/C36H48O2Si/c1-33(2)27-19-21-35(33,5)31(23-27)37-39(38-32-24-28-20-22-36(32,6)34(28,3)4)29(25-13-9-7-10-14-25)17-18-30(39)26-15-11-8-12-16-26/h7-18,27-32H,19-24H2,1-6H3/t27-,28-,29-,30+,31+,32+,35+,36+/m0/s1. The predicted molar refractivity (Wildman–Crippen MR) is 161 cm³/mol. The van der Waals surface area contributed by atoms with Crippen LogP contribution in [0.3, 0.4) is 0 Å². The molecular weight excluding hydrogens is 492 g/mol. The summed E-state index contributed by atoms with van der Waals surface area (Å²) in [7, 11) is -2.91. The molecule has 1 heterocycles. The lowest BCUT2D eigenvalue weighted by atomic mass is 9.70. The first-order valence-corrected chi connectivity index (χ1v) is 17.6. The third-order valence-corrected chi connectivity index (χ3v) is 17.9. The summed E-state index contributed by atoms with van der Waals surface area (Å²) in [5.74, 6) is 1.49. The highest BCUT2D eigenvalue weighted by atomic mass is 28.4. The minimum Gasteiger partial charge on any atom is -0.389 e. The van der Waals surface area contributed by atoms with Crippen LogP contribution in [0.1, 0.15) is 102 Å². The fraction of sp³-hybridized carbons (Fsp3) is 0.611. The predicted octanol–water partition coefficient (Wildman–Crippen LogP) is 9.11. The lowest BCUT2D eigenvalue weighted by Gasteiger charge is -2.49. The first-order valence-electron chi connectivity index (χ1n) is 15.7. The highest BCUT2D eigenvalue weighted by molar-refractivity contribution is 6.72. The van der Waals surface area contributed by atoms with E-state index in [1.807, 2.05) is 0 Å². The maximum absolute atomic E-state index is 7.90. The normalized spacial score (nSPS) is 42.4. The average molecular weight is 541 g/mol. The van der Waals surface area contributed by atoms with Gasteiger partial charge in [0.25, 0.3) is 0 Å². The van der Waals surface area contributed by atoms with Crippen molar-refractivity contribution in [2.45, 2.75) is 103 Å². The third-order valence-electron chi connectivity index (χ3n) is 13.8. The highest BCUT2D eigenvalue weighted by Crippen LogP contribution is 2.69. The molecule has 4 aliphatic carbocycles. The van der Waals surface area contributed by atoms with Crippen LogP contribution < -0.4 is 0 Å². The summed E-state index contributed by atoms with van der Waals surface area (Å²) in [6.07, 6.45) is 13.1. The molecule has 2 aromatic carbocycles. The number of fused-ring (bicyclic) bond motifs is 4. The van der Waals surface area contributed by atoms with Crippen molar-refractivity contribution in [2.24, 2.45) is 33.5 Å². The van der Waals surface area contributed by atoms with E-state index in [2.05, 4.69) is 114 Å². The van der Waals surface area contributed by atoms with Crippen molar-refractivity contribution in [2.75, 3.05) is 0 Å². The van der Waals surface area contributed by atoms with E-state index < -0.39 is 8.56 Å². The number of allylic oxidation sites excluding steroid dienone is 2. The monoisotopic (exact) mass is 540 g/mol. The molecule has 0 spiro atoms. The van der Waals surface area contributed by atoms with Crippen LogP contribution in [0.25, 0.3) is 0 Å². The zero-order valence-corrected chi connectivity index (χ0v) is 26.0. The SMILES string of the molecule is CC1(C)[C@H]2CC[C@]1(C)[C@H](O[Si]1(O[C@@H]3C[C@@H]4CC[C@@]3(C)C4(C)C)[C@@H](c3ccccc3)C=C[C@H]1c1ccccc1)C2. The molecule has 1 aliphatic heterocycles. The van der Waals surface area contributed by atoms with E-state index in [-0.39, 0.29) is 34.1 Å². The summed E-state index contributed by atoms with van der Waals surface area (Å²) < 4.78 is 15.8. The van der Waals surface area contributed by atoms with Gasteiger partial charge in [-0.1, -0.05) is 114 Å². The molecule has 0 unspecified atom stereocenters. The largest absolute Gasteiger partial charge is 0.389 e. The highest BCUT2D eigenvalue weighted by Gasteiger charge is 2.69. The van der Waals surface area contributed by atoms with E-state index in [1.54, 1.807) is 0 Å². The van der Waals surface area contributed by atoms with E-state index >= 15 is 0 Å². The van der Waals surface area contributed by atoms with Gasteiger partial charge in [-0.15, -0.1) is 0 Å². The van der Waals surface area contributed by atoms with Crippen LogP contribution in [0.15, 0.2) is 72.8 Å². The van der Waals surface area contributed by atoms with Gasteiger partial charge < -0.3 is 8.85 Å². The number of benzene rings is 2. The number of hydrogen-bond acceptors (Lipinski definition) is 2. The Balaban J connectivity index is 1.37. The second-order valence-corrected chi connectivity index (χ2v) is 18.5. The summed E-state index contributed by atoms with van der Waals surface area (Å²) in [6.45, 7) is 15.1. The minimum atomic E-state index is -2.91.